The predicted molar refractivity (Wildman–Crippen MR) is 83.5 cm³/mol. The molecule has 2 atom stereocenters. The number of oxazole rings is 1. The molecule has 1 aromatic heterocycles. The van der Waals surface area contributed by atoms with Crippen molar-refractivity contribution in [3.63, 3.8) is 0 Å². The number of aromatic nitrogens is 1. The highest BCUT2D eigenvalue weighted by Crippen LogP contribution is 2.21. The molecule has 0 unspecified atom stereocenters. The van der Waals surface area contributed by atoms with E-state index in [1.807, 2.05) is 27.7 Å². The van der Waals surface area contributed by atoms with Crippen molar-refractivity contribution in [2.45, 2.75) is 65.8 Å². The minimum Gasteiger partial charge on any atom is -0.445 e. The van der Waals surface area contributed by atoms with Crippen molar-refractivity contribution in [3.8, 4) is 0 Å². The number of nitrogens with zero attached hydrogens (tertiary/aromatic N) is 3. The first-order valence-electron chi connectivity index (χ1n) is 7.80. The van der Waals surface area contributed by atoms with Gasteiger partial charge in [-0.3, -0.25) is 4.90 Å². The molecule has 6 nitrogen and oxygen atoms in total. The molecule has 2 rings (SSSR count). The maximum atomic E-state index is 12.2. The monoisotopic (exact) mass is 309 g/mol. The number of amides is 1. The molecular weight excluding hydrogens is 282 g/mol. The van der Waals surface area contributed by atoms with Crippen LogP contribution in [0.15, 0.2) is 10.6 Å². The topological polar surface area (TPSA) is 58.8 Å². The molecule has 1 aliphatic rings. The molecule has 0 aliphatic carbocycles. The van der Waals surface area contributed by atoms with Gasteiger partial charge in [0.2, 0.25) is 5.89 Å². The van der Waals surface area contributed by atoms with Crippen molar-refractivity contribution >= 4 is 6.09 Å². The molecule has 0 saturated carbocycles. The Morgan fingerprint density at radius 2 is 1.95 bits per heavy atom. The van der Waals surface area contributed by atoms with Gasteiger partial charge in [0, 0.05) is 25.2 Å². The molecule has 1 saturated heterocycles. The van der Waals surface area contributed by atoms with Crippen molar-refractivity contribution in [1.82, 2.24) is 14.8 Å². The zero-order valence-electron chi connectivity index (χ0n) is 14.4. The molecule has 1 fully saturated rings. The van der Waals surface area contributed by atoms with Gasteiger partial charge in [-0.05, 0) is 41.5 Å². The summed E-state index contributed by atoms with van der Waals surface area (Å²) in [6, 6.07) is 0.451. The van der Waals surface area contributed by atoms with E-state index in [2.05, 4.69) is 23.7 Å². The van der Waals surface area contributed by atoms with Gasteiger partial charge in [-0.2, -0.15) is 0 Å². The van der Waals surface area contributed by atoms with Gasteiger partial charge in [0.1, 0.15) is 11.4 Å². The van der Waals surface area contributed by atoms with Gasteiger partial charge in [0.25, 0.3) is 0 Å². The third-order valence-corrected chi connectivity index (χ3v) is 3.74. The number of carbonyl (C=O) groups excluding carboxylic acids is 1. The van der Waals surface area contributed by atoms with Crippen LogP contribution in [-0.4, -0.2) is 51.7 Å². The minimum atomic E-state index is -0.462. The van der Waals surface area contributed by atoms with Crippen LogP contribution in [0.4, 0.5) is 4.79 Å². The fourth-order valence-electron chi connectivity index (χ4n) is 2.77. The average Bonchev–Trinajstić information content (AvgIpc) is 2.77. The minimum absolute atomic E-state index is 0.225. The lowest BCUT2D eigenvalue weighted by atomic mass is 10.1. The molecule has 0 radical (unpaired) electrons. The first kappa shape index (κ1) is 16.8. The number of ether oxygens (including phenoxy) is 1. The maximum Gasteiger partial charge on any atom is 0.410 e. The Bertz CT molecular complexity index is 509. The van der Waals surface area contributed by atoms with E-state index in [1.165, 1.54) is 0 Å². The Labute approximate surface area is 132 Å². The first-order valence-corrected chi connectivity index (χ1v) is 7.80. The third-order valence-electron chi connectivity index (χ3n) is 3.74. The van der Waals surface area contributed by atoms with E-state index in [0.29, 0.717) is 19.6 Å². The largest absolute Gasteiger partial charge is 0.445 e. The van der Waals surface area contributed by atoms with Crippen molar-refractivity contribution in [2.24, 2.45) is 0 Å². The van der Waals surface area contributed by atoms with E-state index in [0.717, 1.165) is 11.7 Å². The Kier molecular flexibility index (Phi) is 4.80. The molecule has 0 N–H and O–H groups in total. The molecular formula is C16H27N3O3. The van der Waals surface area contributed by atoms with Crippen molar-refractivity contribution < 1.29 is 13.9 Å². The van der Waals surface area contributed by atoms with Crippen LogP contribution in [0.25, 0.3) is 0 Å². The molecule has 0 spiro atoms. The molecule has 22 heavy (non-hydrogen) atoms. The number of carbonyl (C=O) groups is 1. The van der Waals surface area contributed by atoms with E-state index < -0.39 is 5.60 Å². The molecule has 2 heterocycles. The van der Waals surface area contributed by atoms with Gasteiger partial charge in [0.05, 0.1) is 12.7 Å². The van der Waals surface area contributed by atoms with E-state index in [4.69, 9.17) is 9.15 Å². The highest BCUT2D eigenvalue weighted by atomic mass is 16.6. The van der Waals surface area contributed by atoms with Gasteiger partial charge in [-0.15, -0.1) is 0 Å². The van der Waals surface area contributed by atoms with Crippen molar-refractivity contribution in [2.75, 3.05) is 13.1 Å². The van der Waals surface area contributed by atoms with Gasteiger partial charge in [-0.25, -0.2) is 9.78 Å². The summed E-state index contributed by atoms with van der Waals surface area (Å²) in [6.07, 6.45) is 1.50. The lowest BCUT2D eigenvalue weighted by molar-refractivity contribution is -0.0116. The zero-order valence-corrected chi connectivity index (χ0v) is 14.4. The highest BCUT2D eigenvalue weighted by Gasteiger charge is 2.34. The molecule has 6 heteroatoms. The van der Waals surface area contributed by atoms with E-state index >= 15 is 0 Å². The second kappa shape index (κ2) is 6.28. The smallest absolute Gasteiger partial charge is 0.410 e. The number of hydrogen-bond donors (Lipinski definition) is 0. The fourth-order valence-corrected chi connectivity index (χ4v) is 2.77. The van der Waals surface area contributed by atoms with Crippen LogP contribution in [0.3, 0.4) is 0 Å². The summed E-state index contributed by atoms with van der Waals surface area (Å²) in [5.41, 5.74) is -0.462. The summed E-state index contributed by atoms with van der Waals surface area (Å²) in [7, 11) is 0. The van der Waals surface area contributed by atoms with E-state index in [9.17, 15) is 4.79 Å². The van der Waals surface area contributed by atoms with Crippen molar-refractivity contribution in [3.05, 3.63) is 17.8 Å². The Morgan fingerprint density at radius 1 is 1.36 bits per heavy atom. The molecule has 1 aliphatic heterocycles. The van der Waals surface area contributed by atoms with Crippen LogP contribution in [-0.2, 0) is 11.3 Å². The number of piperazine rings is 1. The molecule has 124 valence electrons. The van der Waals surface area contributed by atoms with Crippen molar-refractivity contribution in [1.29, 1.82) is 0 Å². The lowest BCUT2D eigenvalue weighted by Crippen LogP contribution is -2.58. The van der Waals surface area contributed by atoms with E-state index in [-0.39, 0.29) is 18.2 Å². The summed E-state index contributed by atoms with van der Waals surface area (Å²) in [5, 5.41) is 0. The third kappa shape index (κ3) is 4.22. The lowest BCUT2D eigenvalue weighted by Gasteiger charge is -2.43. The SMILES string of the molecule is Cc1cnc(CN2[C@@H](C)CN(C(=O)OC(C)(C)C)C[C@@H]2C)o1. The van der Waals surface area contributed by atoms with Gasteiger partial charge < -0.3 is 14.1 Å². The Balaban J connectivity index is 1.98. The Morgan fingerprint density at radius 3 is 2.41 bits per heavy atom. The summed E-state index contributed by atoms with van der Waals surface area (Å²) in [6.45, 7) is 13.8. The normalized spacial score (nSPS) is 23.6. The van der Waals surface area contributed by atoms with Crippen LogP contribution < -0.4 is 0 Å². The predicted octanol–water partition coefficient (Wildman–Crippen LogP) is 2.81. The summed E-state index contributed by atoms with van der Waals surface area (Å²) >= 11 is 0. The number of aryl methyl sites for hydroxylation is 1. The molecule has 0 aromatic carbocycles. The zero-order chi connectivity index (χ0) is 16.5. The van der Waals surface area contributed by atoms with Crippen LogP contribution in [0, 0.1) is 6.92 Å². The van der Waals surface area contributed by atoms with Crippen LogP contribution in [0.2, 0.25) is 0 Å². The van der Waals surface area contributed by atoms with E-state index in [1.54, 1.807) is 11.1 Å². The molecule has 1 aromatic rings. The first-order chi connectivity index (χ1) is 10.2. The Hall–Kier alpha value is -1.56. The van der Waals surface area contributed by atoms with Gasteiger partial charge >= 0.3 is 6.09 Å². The van der Waals surface area contributed by atoms with Crippen LogP contribution >= 0.6 is 0 Å². The number of rotatable bonds is 2. The maximum absolute atomic E-state index is 12.2. The second-order valence-electron chi connectivity index (χ2n) is 7.12. The quantitative estimate of drug-likeness (QED) is 0.841. The second-order valence-corrected chi connectivity index (χ2v) is 7.12. The summed E-state index contributed by atoms with van der Waals surface area (Å²) < 4.78 is 11.0. The van der Waals surface area contributed by atoms with Gasteiger partial charge in [0.15, 0.2) is 0 Å². The number of hydrogen-bond acceptors (Lipinski definition) is 5. The summed E-state index contributed by atoms with van der Waals surface area (Å²) in [4.78, 5) is 20.6. The molecule has 0 bridgehead atoms. The van der Waals surface area contributed by atoms with Crippen LogP contribution in [0.1, 0.15) is 46.3 Å². The van der Waals surface area contributed by atoms with Gasteiger partial charge in [-0.1, -0.05) is 0 Å². The highest BCUT2D eigenvalue weighted by molar-refractivity contribution is 5.68. The standard InChI is InChI=1S/C16H27N3O3/c1-11-8-18(15(20)22-16(4,5)6)9-12(2)19(11)10-14-17-7-13(3)21-14/h7,11-12H,8-10H2,1-6H3/t11-,12-/m0/s1. The fraction of sp³-hybridized carbons (Fsp3) is 0.750. The summed E-state index contributed by atoms with van der Waals surface area (Å²) in [5.74, 6) is 1.55. The average molecular weight is 309 g/mol. The van der Waals surface area contributed by atoms with Crippen LogP contribution in [0.5, 0.6) is 0 Å². The molecule has 1 amide bonds.